The highest BCUT2D eigenvalue weighted by atomic mass is 19.1. The molecule has 0 amide bonds. The van der Waals surface area contributed by atoms with Crippen LogP contribution in [0.4, 0.5) is 4.39 Å². The van der Waals surface area contributed by atoms with Crippen molar-refractivity contribution in [1.82, 2.24) is 0 Å². The third kappa shape index (κ3) is 2.82. The molecule has 6 aromatic rings. The van der Waals surface area contributed by atoms with Crippen LogP contribution in [0.3, 0.4) is 0 Å². The van der Waals surface area contributed by atoms with Crippen molar-refractivity contribution in [2.75, 3.05) is 0 Å². The zero-order valence-corrected chi connectivity index (χ0v) is 17.9. The van der Waals surface area contributed by atoms with Crippen LogP contribution in [0.1, 0.15) is 5.56 Å². The zero-order valence-electron chi connectivity index (χ0n) is 17.9. The first-order valence-corrected chi connectivity index (χ1v) is 10.7. The highest BCUT2D eigenvalue weighted by molar-refractivity contribution is 6.10. The lowest BCUT2D eigenvalue weighted by Gasteiger charge is -2.06. The lowest BCUT2D eigenvalue weighted by atomic mass is 9.98. The van der Waals surface area contributed by atoms with Gasteiger partial charge in [-0.2, -0.15) is 0 Å². The van der Waals surface area contributed by atoms with Gasteiger partial charge in [0.15, 0.2) is 11.8 Å². The number of hydrogen-bond acceptors (Lipinski definition) is 1. The second kappa shape index (κ2) is 7.03. The van der Waals surface area contributed by atoms with Crippen LogP contribution in [0.15, 0.2) is 95.5 Å². The van der Waals surface area contributed by atoms with Crippen LogP contribution < -0.4 is 4.57 Å². The van der Waals surface area contributed by atoms with Crippen molar-refractivity contribution in [3.8, 4) is 22.4 Å². The SMILES string of the molecule is Cc1cc(F)c2c(oc3cc(-c4ccc5ccccc5c4)ccc32)c1-c1cccc[n+]1C. The summed E-state index contributed by atoms with van der Waals surface area (Å²) >= 11 is 0. The number of aromatic nitrogens is 1. The molecule has 3 heteroatoms. The van der Waals surface area contributed by atoms with Crippen molar-refractivity contribution in [1.29, 1.82) is 0 Å². The number of hydrogen-bond donors (Lipinski definition) is 0. The van der Waals surface area contributed by atoms with Crippen LogP contribution in [0, 0.1) is 12.7 Å². The normalized spacial score (nSPS) is 11.6. The third-order valence-electron chi connectivity index (χ3n) is 6.29. The second-order valence-electron chi connectivity index (χ2n) is 8.33. The first kappa shape index (κ1) is 18.8. The topological polar surface area (TPSA) is 17.0 Å². The van der Waals surface area contributed by atoms with E-state index in [-0.39, 0.29) is 5.82 Å². The molecule has 0 atom stereocenters. The molecule has 0 saturated carbocycles. The van der Waals surface area contributed by atoms with E-state index < -0.39 is 0 Å². The summed E-state index contributed by atoms with van der Waals surface area (Å²) < 4.78 is 23.5. The van der Waals surface area contributed by atoms with Gasteiger partial charge >= 0.3 is 0 Å². The van der Waals surface area contributed by atoms with Crippen LogP contribution >= 0.6 is 0 Å². The maximum atomic E-state index is 15.1. The number of pyridine rings is 1. The predicted molar refractivity (Wildman–Crippen MR) is 128 cm³/mol. The van der Waals surface area contributed by atoms with Crippen LogP contribution in [0.5, 0.6) is 0 Å². The fourth-order valence-electron chi connectivity index (χ4n) is 4.67. The molecule has 0 fully saturated rings. The third-order valence-corrected chi connectivity index (χ3v) is 6.29. The fourth-order valence-corrected chi connectivity index (χ4v) is 4.67. The van der Waals surface area contributed by atoms with Gasteiger partial charge in [0, 0.05) is 17.5 Å². The molecule has 0 N–H and O–H groups in total. The molecule has 0 spiro atoms. The van der Waals surface area contributed by atoms with Crippen molar-refractivity contribution in [3.05, 3.63) is 103 Å². The summed E-state index contributed by atoms with van der Waals surface area (Å²) in [5.41, 5.74) is 6.20. The molecule has 0 saturated heterocycles. The molecular formula is C29H21FNO+. The monoisotopic (exact) mass is 418 g/mol. The Morgan fingerprint density at radius 1 is 0.781 bits per heavy atom. The van der Waals surface area contributed by atoms with Gasteiger partial charge < -0.3 is 4.42 Å². The Morgan fingerprint density at radius 2 is 1.53 bits per heavy atom. The van der Waals surface area contributed by atoms with Crippen LogP contribution in [-0.4, -0.2) is 0 Å². The number of rotatable bonds is 2. The Hall–Kier alpha value is -3.98. The zero-order chi connectivity index (χ0) is 21.8. The molecule has 154 valence electrons. The average molecular weight is 418 g/mol. The Morgan fingerprint density at radius 3 is 2.38 bits per heavy atom. The van der Waals surface area contributed by atoms with Gasteiger partial charge in [-0.3, -0.25) is 0 Å². The fraction of sp³-hybridized carbons (Fsp3) is 0.0690. The Kier molecular flexibility index (Phi) is 4.12. The van der Waals surface area contributed by atoms with Crippen LogP contribution in [-0.2, 0) is 7.05 Å². The molecule has 32 heavy (non-hydrogen) atoms. The molecule has 0 aliphatic rings. The number of aryl methyl sites for hydroxylation is 2. The molecule has 2 heterocycles. The van der Waals surface area contributed by atoms with Gasteiger partial charge in [0.2, 0.25) is 5.69 Å². The van der Waals surface area contributed by atoms with Crippen LogP contribution in [0.2, 0.25) is 0 Å². The summed E-state index contributed by atoms with van der Waals surface area (Å²) in [7, 11) is 1.99. The van der Waals surface area contributed by atoms with Crippen molar-refractivity contribution in [3.63, 3.8) is 0 Å². The average Bonchev–Trinajstić information content (AvgIpc) is 3.18. The van der Waals surface area contributed by atoms with Gasteiger partial charge in [0.05, 0.1) is 10.9 Å². The molecule has 0 unspecified atom stereocenters. The van der Waals surface area contributed by atoms with E-state index >= 15 is 4.39 Å². The van der Waals surface area contributed by atoms with E-state index in [1.54, 1.807) is 6.07 Å². The first-order valence-electron chi connectivity index (χ1n) is 10.7. The van der Waals surface area contributed by atoms with Gasteiger partial charge in [-0.15, -0.1) is 0 Å². The summed E-state index contributed by atoms with van der Waals surface area (Å²) in [4.78, 5) is 0. The quantitative estimate of drug-likeness (QED) is 0.269. The van der Waals surface area contributed by atoms with E-state index in [0.717, 1.165) is 33.3 Å². The van der Waals surface area contributed by atoms with E-state index in [0.29, 0.717) is 16.6 Å². The number of furan rings is 1. The van der Waals surface area contributed by atoms with E-state index in [9.17, 15) is 0 Å². The minimum absolute atomic E-state index is 0.253. The summed E-state index contributed by atoms with van der Waals surface area (Å²) in [5.74, 6) is -0.253. The molecule has 0 aliphatic carbocycles. The van der Waals surface area contributed by atoms with Gasteiger partial charge in [-0.1, -0.05) is 42.5 Å². The maximum absolute atomic E-state index is 15.1. The lowest BCUT2D eigenvalue weighted by Crippen LogP contribution is -2.30. The molecule has 0 aliphatic heterocycles. The summed E-state index contributed by atoms with van der Waals surface area (Å²) in [6, 6.07) is 28.4. The smallest absolute Gasteiger partial charge is 0.216 e. The van der Waals surface area contributed by atoms with Crippen molar-refractivity contribution < 1.29 is 13.4 Å². The van der Waals surface area contributed by atoms with Gasteiger partial charge in [-0.05, 0) is 64.7 Å². The minimum atomic E-state index is -0.253. The Balaban J connectivity index is 1.61. The van der Waals surface area contributed by atoms with Crippen molar-refractivity contribution in [2.45, 2.75) is 6.92 Å². The molecule has 2 nitrogen and oxygen atoms in total. The molecular weight excluding hydrogens is 397 g/mol. The second-order valence-corrected chi connectivity index (χ2v) is 8.33. The van der Waals surface area contributed by atoms with E-state index in [1.807, 2.05) is 73.3 Å². The van der Waals surface area contributed by atoms with Crippen LogP contribution in [0.25, 0.3) is 55.1 Å². The highest BCUT2D eigenvalue weighted by Gasteiger charge is 2.23. The number of halogens is 1. The summed E-state index contributed by atoms with van der Waals surface area (Å²) in [6.45, 7) is 1.93. The van der Waals surface area contributed by atoms with Gasteiger partial charge in [-0.25, -0.2) is 8.96 Å². The minimum Gasteiger partial charge on any atom is -0.455 e. The summed E-state index contributed by atoms with van der Waals surface area (Å²) in [6.07, 6.45) is 1.99. The van der Waals surface area contributed by atoms with E-state index in [2.05, 4.69) is 30.3 Å². The maximum Gasteiger partial charge on any atom is 0.216 e. The van der Waals surface area contributed by atoms with Crippen molar-refractivity contribution in [2.24, 2.45) is 7.05 Å². The van der Waals surface area contributed by atoms with E-state index in [4.69, 9.17) is 4.42 Å². The predicted octanol–water partition coefficient (Wildman–Crippen LogP) is 7.35. The first-order chi connectivity index (χ1) is 15.6. The Labute approximate surface area is 185 Å². The lowest BCUT2D eigenvalue weighted by molar-refractivity contribution is -0.660. The van der Waals surface area contributed by atoms with Crippen molar-refractivity contribution >= 4 is 32.7 Å². The molecule has 0 bridgehead atoms. The van der Waals surface area contributed by atoms with Gasteiger partial charge in [0.1, 0.15) is 18.4 Å². The van der Waals surface area contributed by atoms with Gasteiger partial charge in [0.25, 0.3) is 0 Å². The standard InChI is InChI=1S/C29H21FNO/c1-18-15-24(30)28-23-13-12-22(21-11-10-19-7-3-4-8-20(19)16-21)17-26(23)32-29(28)27(18)25-9-5-6-14-31(25)2/h3-17H,1-2H3/q+1. The largest absolute Gasteiger partial charge is 0.455 e. The summed E-state index contributed by atoms with van der Waals surface area (Å²) in [5, 5.41) is 3.73. The highest BCUT2D eigenvalue weighted by Crippen LogP contribution is 2.40. The molecule has 4 aromatic carbocycles. The number of fused-ring (bicyclic) bond motifs is 4. The van der Waals surface area contributed by atoms with E-state index in [1.165, 1.54) is 10.8 Å². The Bertz CT molecular complexity index is 1660. The molecule has 6 rings (SSSR count). The number of benzene rings is 4. The number of nitrogens with zero attached hydrogens (tertiary/aromatic N) is 1. The molecule has 0 radical (unpaired) electrons. The molecule has 2 aromatic heterocycles.